The molecule has 0 aliphatic heterocycles. The molecule has 5 heteroatoms. The molecular formula is C9H16N2O3. The van der Waals surface area contributed by atoms with Gasteiger partial charge in [0.25, 0.3) is 0 Å². The zero-order valence-electron chi connectivity index (χ0n) is 8.78. The number of hydrogen-bond acceptors (Lipinski definition) is 4. The molecule has 1 N–H and O–H groups in total. The first kappa shape index (κ1) is 11.0. The fourth-order valence-corrected chi connectivity index (χ4v) is 1.13. The minimum absolute atomic E-state index is 0.152. The summed E-state index contributed by atoms with van der Waals surface area (Å²) in [5.41, 5.74) is -0.954. The summed E-state index contributed by atoms with van der Waals surface area (Å²) in [7, 11) is 0. The zero-order valence-corrected chi connectivity index (χ0v) is 8.78. The molecule has 1 heterocycles. The largest absolute Gasteiger partial charge is 0.437 e. The first-order valence-electron chi connectivity index (χ1n) is 4.71. The fourth-order valence-electron chi connectivity index (χ4n) is 1.13. The SMILES string of the molecule is CCCc1nn(CC(C)(C)O)c(=O)o1. The van der Waals surface area contributed by atoms with E-state index in [1.165, 1.54) is 0 Å². The van der Waals surface area contributed by atoms with Crippen molar-refractivity contribution in [3.05, 3.63) is 16.4 Å². The van der Waals surface area contributed by atoms with Gasteiger partial charge in [0, 0.05) is 6.42 Å². The van der Waals surface area contributed by atoms with Crippen LogP contribution in [0.5, 0.6) is 0 Å². The van der Waals surface area contributed by atoms with E-state index in [1.807, 2.05) is 6.92 Å². The fraction of sp³-hybridized carbons (Fsp3) is 0.778. The van der Waals surface area contributed by atoms with Crippen molar-refractivity contribution in [2.45, 2.75) is 45.8 Å². The number of hydrogen-bond donors (Lipinski definition) is 1. The molecule has 5 nitrogen and oxygen atoms in total. The molecule has 0 aliphatic rings. The van der Waals surface area contributed by atoms with Crippen molar-refractivity contribution in [1.29, 1.82) is 0 Å². The summed E-state index contributed by atoms with van der Waals surface area (Å²) >= 11 is 0. The molecule has 1 aromatic heterocycles. The number of aliphatic hydroxyl groups is 1. The second kappa shape index (κ2) is 3.96. The van der Waals surface area contributed by atoms with E-state index in [-0.39, 0.29) is 6.54 Å². The first-order valence-corrected chi connectivity index (χ1v) is 4.71. The quantitative estimate of drug-likeness (QED) is 0.771. The minimum atomic E-state index is -0.954. The summed E-state index contributed by atoms with van der Waals surface area (Å²) < 4.78 is 6.04. The lowest BCUT2D eigenvalue weighted by Crippen LogP contribution is -2.31. The Kier molecular flexibility index (Phi) is 3.10. The van der Waals surface area contributed by atoms with E-state index in [2.05, 4.69) is 5.10 Å². The lowest BCUT2D eigenvalue weighted by molar-refractivity contribution is 0.0556. The summed E-state index contributed by atoms with van der Waals surface area (Å²) in [4.78, 5) is 11.2. The third kappa shape index (κ3) is 2.99. The molecule has 0 bridgehead atoms. The van der Waals surface area contributed by atoms with Gasteiger partial charge in [-0.2, -0.15) is 4.68 Å². The highest BCUT2D eigenvalue weighted by Gasteiger charge is 2.17. The Morgan fingerprint density at radius 2 is 2.21 bits per heavy atom. The van der Waals surface area contributed by atoms with Crippen LogP contribution in [-0.4, -0.2) is 20.5 Å². The summed E-state index contributed by atoms with van der Waals surface area (Å²) in [6.45, 7) is 5.37. The van der Waals surface area contributed by atoms with E-state index in [0.29, 0.717) is 12.3 Å². The summed E-state index contributed by atoms with van der Waals surface area (Å²) in [6, 6.07) is 0. The van der Waals surface area contributed by atoms with Crippen LogP contribution in [0.15, 0.2) is 9.21 Å². The van der Waals surface area contributed by atoms with Gasteiger partial charge in [0.1, 0.15) is 0 Å². The molecular weight excluding hydrogens is 184 g/mol. The maximum absolute atomic E-state index is 11.2. The van der Waals surface area contributed by atoms with Crippen LogP contribution in [0.1, 0.15) is 33.1 Å². The van der Waals surface area contributed by atoms with Crippen molar-refractivity contribution in [2.24, 2.45) is 0 Å². The maximum atomic E-state index is 11.2. The van der Waals surface area contributed by atoms with Crippen molar-refractivity contribution in [3.8, 4) is 0 Å². The van der Waals surface area contributed by atoms with E-state index < -0.39 is 11.4 Å². The molecule has 0 aromatic carbocycles. The van der Waals surface area contributed by atoms with Gasteiger partial charge in [-0.25, -0.2) is 4.79 Å². The van der Waals surface area contributed by atoms with Crippen LogP contribution >= 0.6 is 0 Å². The molecule has 0 unspecified atom stereocenters. The standard InChI is InChI=1S/C9H16N2O3/c1-4-5-7-10-11(8(12)14-7)6-9(2,3)13/h13H,4-6H2,1-3H3. The van der Waals surface area contributed by atoms with Gasteiger partial charge in [-0.05, 0) is 20.3 Å². The predicted octanol–water partition coefficient (Wildman–Crippen LogP) is 0.560. The number of aromatic nitrogens is 2. The molecule has 1 aromatic rings. The Morgan fingerprint density at radius 3 is 2.71 bits per heavy atom. The lowest BCUT2D eigenvalue weighted by atomic mass is 10.1. The molecule has 0 radical (unpaired) electrons. The smallest absolute Gasteiger partial charge is 0.392 e. The van der Waals surface area contributed by atoms with Gasteiger partial charge in [0.15, 0.2) is 0 Å². The molecule has 1 rings (SSSR count). The van der Waals surface area contributed by atoms with E-state index in [0.717, 1.165) is 11.1 Å². The Bertz CT molecular complexity index is 346. The average Bonchev–Trinajstić information content (AvgIpc) is 2.29. The monoisotopic (exact) mass is 200 g/mol. The van der Waals surface area contributed by atoms with Gasteiger partial charge < -0.3 is 9.52 Å². The van der Waals surface area contributed by atoms with Crippen LogP contribution < -0.4 is 5.76 Å². The second-order valence-electron chi connectivity index (χ2n) is 3.98. The topological polar surface area (TPSA) is 68.3 Å². The molecule has 80 valence electrons. The Morgan fingerprint density at radius 1 is 1.57 bits per heavy atom. The van der Waals surface area contributed by atoms with Crippen molar-refractivity contribution < 1.29 is 9.52 Å². The van der Waals surface area contributed by atoms with Crippen LogP contribution in [0, 0.1) is 0 Å². The number of aryl methyl sites for hydroxylation is 1. The average molecular weight is 200 g/mol. The Labute approximate surface area is 82.4 Å². The minimum Gasteiger partial charge on any atom is -0.392 e. The Balaban J connectivity index is 2.83. The third-order valence-electron chi connectivity index (χ3n) is 1.65. The molecule has 14 heavy (non-hydrogen) atoms. The molecule has 0 amide bonds. The van der Waals surface area contributed by atoms with Gasteiger partial charge in [0.05, 0.1) is 12.1 Å². The van der Waals surface area contributed by atoms with Crippen LogP contribution in [0.25, 0.3) is 0 Å². The van der Waals surface area contributed by atoms with Crippen LogP contribution in [0.3, 0.4) is 0 Å². The van der Waals surface area contributed by atoms with E-state index in [4.69, 9.17) is 4.42 Å². The highest BCUT2D eigenvalue weighted by Crippen LogP contribution is 2.03. The second-order valence-corrected chi connectivity index (χ2v) is 3.98. The molecule has 0 spiro atoms. The highest BCUT2D eigenvalue weighted by molar-refractivity contribution is 4.76. The molecule has 0 saturated heterocycles. The van der Waals surface area contributed by atoms with Gasteiger partial charge in [-0.15, -0.1) is 5.10 Å². The summed E-state index contributed by atoms with van der Waals surface area (Å²) in [5.74, 6) is -0.0719. The third-order valence-corrected chi connectivity index (χ3v) is 1.65. The summed E-state index contributed by atoms with van der Waals surface area (Å²) in [5, 5.41) is 13.5. The lowest BCUT2D eigenvalue weighted by Gasteiger charge is -2.14. The van der Waals surface area contributed by atoms with E-state index in [9.17, 15) is 9.90 Å². The normalized spacial score (nSPS) is 12.0. The predicted molar refractivity (Wildman–Crippen MR) is 51.1 cm³/mol. The molecule has 0 atom stereocenters. The van der Waals surface area contributed by atoms with Crippen LogP contribution in [0.2, 0.25) is 0 Å². The van der Waals surface area contributed by atoms with Gasteiger partial charge in [0.2, 0.25) is 5.89 Å². The van der Waals surface area contributed by atoms with Gasteiger partial charge in [-0.1, -0.05) is 6.92 Å². The van der Waals surface area contributed by atoms with Gasteiger partial charge in [-0.3, -0.25) is 0 Å². The van der Waals surface area contributed by atoms with Gasteiger partial charge >= 0.3 is 5.76 Å². The summed E-state index contributed by atoms with van der Waals surface area (Å²) in [6.07, 6.45) is 1.52. The highest BCUT2D eigenvalue weighted by atomic mass is 16.4. The van der Waals surface area contributed by atoms with E-state index in [1.54, 1.807) is 13.8 Å². The maximum Gasteiger partial charge on any atom is 0.437 e. The molecule has 0 fully saturated rings. The Hall–Kier alpha value is -1.10. The zero-order chi connectivity index (χ0) is 10.8. The number of rotatable bonds is 4. The van der Waals surface area contributed by atoms with E-state index >= 15 is 0 Å². The van der Waals surface area contributed by atoms with Crippen molar-refractivity contribution in [1.82, 2.24) is 9.78 Å². The van der Waals surface area contributed by atoms with Crippen LogP contribution in [-0.2, 0) is 13.0 Å². The molecule has 0 saturated carbocycles. The first-order chi connectivity index (χ1) is 6.42. The number of nitrogens with zero attached hydrogens (tertiary/aromatic N) is 2. The van der Waals surface area contributed by atoms with Crippen LogP contribution in [0.4, 0.5) is 0 Å². The van der Waals surface area contributed by atoms with Crippen molar-refractivity contribution in [3.63, 3.8) is 0 Å². The van der Waals surface area contributed by atoms with Crippen molar-refractivity contribution >= 4 is 0 Å². The van der Waals surface area contributed by atoms with Crippen molar-refractivity contribution in [2.75, 3.05) is 0 Å². The molecule has 0 aliphatic carbocycles.